The van der Waals surface area contributed by atoms with Gasteiger partial charge in [-0.3, -0.25) is 9.69 Å². The zero-order valence-corrected chi connectivity index (χ0v) is 23.8. The van der Waals surface area contributed by atoms with Gasteiger partial charge in [-0.1, -0.05) is 79.2 Å². The van der Waals surface area contributed by atoms with E-state index in [-0.39, 0.29) is 16.0 Å². The van der Waals surface area contributed by atoms with E-state index in [1.807, 2.05) is 42.5 Å². The van der Waals surface area contributed by atoms with E-state index in [0.29, 0.717) is 47.9 Å². The van der Waals surface area contributed by atoms with Crippen LogP contribution in [0.4, 0.5) is 5.13 Å². The minimum Gasteiger partial charge on any atom is -0.283 e. The van der Waals surface area contributed by atoms with Crippen molar-refractivity contribution in [1.82, 2.24) is 9.29 Å². The first-order valence-electron chi connectivity index (χ1n) is 12.2. The number of carbonyl (C=O) groups is 1. The molecule has 1 aliphatic heterocycles. The van der Waals surface area contributed by atoms with Gasteiger partial charge in [0.1, 0.15) is 4.21 Å². The fourth-order valence-corrected chi connectivity index (χ4v) is 8.78. The van der Waals surface area contributed by atoms with Crippen LogP contribution in [0.5, 0.6) is 0 Å². The Morgan fingerprint density at radius 2 is 1.78 bits per heavy atom. The van der Waals surface area contributed by atoms with Gasteiger partial charge in [-0.25, -0.2) is 13.4 Å². The van der Waals surface area contributed by atoms with E-state index in [1.165, 1.54) is 21.2 Å². The molecule has 1 saturated heterocycles. The smallest absolute Gasteiger partial charge is 0.252 e. The molecule has 194 valence electrons. The van der Waals surface area contributed by atoms with Crippen molar-refractivity contribution in [3.8, 4) is 0 Å². The summed E-state index contributed by atoms with van der Waals surface area (Å²) in [6.45, 7) is 5.30. The highest BCUT2D eigenvalue weighted by molar-refractivity contribution is 7.91. The SMILES string of the molecule is CC(C)c1cccc2sc(N(Cc3ccccc3)C(=O)C3CCN(S(=O)(=O)c4ccc(Cl)s4)CC3)nc12. The fourth-order valence-electron chi connectivity index (χ4n) is 4.67. The number of hydrogen-bond acceptors (Lipinski definition) is 6. The number of sulfonamides is 1. The summed E-state index contributed by atoms with van der Waals surface area (Å²) >= 11 is 8.55. The second-order valence-corrected chi connectivity index (χ2v) is 14.4. The van der Waals surface area contributed by atoms with E-state index in [2.05, 4.69) is 19.9 Å². The summed E-state index contributed by atoms with van der Waals surface area (Å²) in [5.41, 5.74) is 3.13. The van der Waals surface area contributed by atoms with Gasteiger partial charge in [0.25, 0.3) is 10.0 Å². The van der Waals surface area contributed by atoms with Crippen LogP contribution in [-0.2, 0) is 21.4 Å². The van der Waals surface area contributed by atoms with Crippen LogP contribution in [0.1, 0.15) is 43.7 Å². The minimum atomic E-state index is -3.61. The molecule has 4 aromatic rings. The van der Waals surface area contributed by atoms with Crippen molar-refractivity contribution in [3.63, 3.8) is 0 Å². The molecule has 0 radical (unpaired) electrons. The number of thiophene rings is 1. The minimum absolute atomic E-state index is 0.00905. The predicted molar refractivity (Wildman–Crippen MR) is 152 cm³/mol. The molecular weight excluding hydrogens is 546 g/mol. The number of fused-ring (bicyclic) bond motifs is 1. The van der Waals surface area contributed by atoms with Crippen molar-refractivity contribution in [2.75, 3.05) is 18.0 Å². The number of para-hydroxylation sites is 1. The third-order valence-corrected chi connectivity index (χ3v) is 11.3. The first-order chi connectivity index (χ1) is 17.7. The van der Waals surface area contributed by atoms with Gasteiger partial charge in [-0.2, -0.15) is 4.31 Å². The molecule has 2 aromatic carbocycles. The molecule has 0 N–H and O–H groups in total. The van der Waals surface area contributed by atoms with Crippen molar-refractivity contribution in [2.45, 2.75) is 43.4 Å². The van der Waals surface area contributed by atoms with Crippen LogP contribution in [0.2, 0.25) is 4.34 Å². The number of hydrogen-bond donors (Lipinski definition) is 0. The lowest BCUT2D eigenvalue weighted by molar-refractivity contribution is -0.123. The quantitative estimate of drug-likeness (QED) is 0.245. The second-order valence-electron chi connectivity index (χ2n) is 9.49. The first kappa shape index (κ1) is 26.3. The van der Waals surface area contributed by atoms with Gasteiger partial charge in [0.05, 0.1) is 21.1 Å². The Labute approximate surface area is 230 Å². The predicted octanol–water partition coefficient (Wildman–Crippen LogP) is 6.77. The number of nitrogens with zero attached hydrogens (tertiary/aromatic N) is 3. The van der Waals surface area contributed by atoms with E-state index >= 15 is 0 Å². The second kappa shape index (κ2) is 10.8. The molecule has 10 heteroatoms. The molecule has 1 fully saturated rings. The lowest BCUT2D eigenvalue weighted by atomic mass is 9.96. The van der Waals surface area contributed by atoms with Gasteiger partial charge < -0.3 is 0 Å². The molecule has 1 amide bonds. The normalized spacial score (nSPS) is 15.5. The molecule has 6 nitrogen and oxygen atoms in total. The summed E-state index contributed by atoms with van der Waals surface area (Å²) in [7, 11) is -3.61. The average Bonchev–Trinajstić information content (AvgIpc) is 3.54. The molecule has 0 saturated carbocycles. The summed E-state index contributed by atoms with van der Waals surface area (Å²) in [6, 6.07) is 19.2. The summed E-state index contributed by atoms with van der Waals surface area (Å²) < 4.78 is 29.3. The summed E-state index contributed by atoms with van der Waals surface area (Å²) in [5.74, 6) is 0.0327. The Balaban J connectivity index is 1.40. The molecule has 0 unspecified atom stereocenters. The number of amides is 1. The van der Waals surface area contributed by atoms with Crippen LogP contribution in [0.3, 0.4) is 0 Å². The highest BCUT2D eigenvalue weighted by Crippen LogP contribution is 2.36. The van der Waals surface area contributed by atoms with Crippen molar-refractivity contribution >= 4 is 65.6 Å². The number of piperidine rings is 1. The number of thiazole rings is 1. The lowest BCUT2D eigenvalue weighted by Crippen LogP contribution is -2.44. The zero-order valence-electron chi connectivity index (χ0n) is 20.6. The fraction of sp³-hybridized carbons (Fsp3) is 0.333. The average molecular weight is 574 g/mol. The van der Waals surface area contributed by atoms with Crippen LogP contribution < -0.4 is 4.90 Å². The Morgan fingerprint density at radius 3 is 2.43 bits per heavy atom. The number of rotatable bonds is 7. The molecule has 3 heterocycles. The number of benzene rings is 2. The van der Waals surface area contributed by atoms with Crippen LogP contribution in [0.15, 0.2) is 64.9 Å². The summed E-state index contributed by atoms with van der Waals surface area (Å²) in [5, 5.41) is 0.681. The Kier molecular flexibility index (Phi) is 7.70. The van der Waals surface area contributed by atoms with Gasteiger partial charge in [0.2, 0.25) is 5.91 Å². The van der Waals surface area contributed by atoms with E-state index < -0.39 is 10.0 Å². The monoisotopic (exact) mass is 573 g/mol. The van der Waals surface area contributed by atoms with Crippen LogP contribution in [-0.4, -0.2) is 36.7 Å². The van der Waals surface area contributed by atoms with E-state index in [0.717, 1.165) is 27.1 Å². The number of carbonyl (C=O) groups excluding carboxylic acids is 1. The Hall–Kier alpha value is -2.30. The number of anilines is 1. The van der Waals surface area contributed by atoms with E-state index in [9.17, 15) is 13.2 Å². The van der Waals surface area contributed by atoms with E-state index in [1.54, 1.807) is 17.0 Å². The Morgan fingerprint density at radius 1 is 1.05 bits per heavy atom. The Bertz CT molecular complexity index is 1510. The highest BCUT2D eigenvalue weighted by Gasteiger charge is 2.35. The first-order valence-corrected chi connectivity index (χ1v) is 15.7. The summed E-state index contributed by atoms with van der Waals surface area (Å²) in [4.78, 5) is 20.7. The number of aromatic nitrogens is 1. The van der Waals surface area contributed by atoms with Gasteiger partial charge in [0, 0.05) is 19.0 Å². The largest absolute Gasteiger partial charge is 0.283 e. The van der Waals surface area contributed by atoms with Gasteiger partial charge in [-0.15, -0.1) is 11.3 Å². The van der Waals surface area contributed by atoms with Crippen molar-refractivity contribution in [3.05, 3.63) is 76.1 Å². The van der Waals surface area contributed by atoms with Crippen molar-refractivity contribution < 1.29 is 13.2 Å². The molecule has 0 atom stereocenters. The topological polar surface area (TPSA) is 70.6 Å². The molecule has 1 aliphatic rings. The van der Waals surface area contributed by atoms with Crippen LogP contribution in [0, 0.1) is 5.92 Å². The van der Waals surface area contributed by atoms with Gasteiger partial charge in [-0.05, 0) is 48.1 Å². The van der Waals surface area contributed by atoms with Crippen molar-refractivity contribution in [1.29, 1.82) is 0 Å². The van der Waals surface area contributed by atoms with Gasteiger partial charge >= 0.3 is 0 Å². The third kappa shape index (κ3) is 5.47. The standard InChI is InChI=1S/C27H28ClN3O3S3/c1-18(2)21-9-6-10-22-25(21)29-27(35-22)31(17-19-7-4-3-5-8-19)26(32)20-13-15-30(16-14-20)37(33,34)24-12-11-23(28)36-24/h3-12,18,20H,13-17H2,1-2H3. The third-order valence-electron chi connectivity index (χ3n) is 6.69. The zero-order chi connectivity index (χ0) is 26.2. The molecule has 0 spiro atoms. The molecule has 2 aromatic heterocycles. The number of halogens is 1. The van der Waals surface area contributed by atoms with Crippen LogP contribution in [0.25, 0.3) is 10.2 Å². The highest BCUT2D eigenvalue weighted by atomic mass is 35.5. The molecular formula is C27H28ClN3O3S3. The molecule has 5 rings (SSSR count). The maximum absolute atomic E-state index is 13.9. The molecule has 0 aliphatic carbocycles. The molecule has 37 heavy (non-hydrogen) atoms. The maximum atomic E-state index is 13.9. The summed E-state index contributed by atoms with van der Waals surface area (Å²) in [6.07, 6.45) is 0.926. The van der Waals surface area contributed by atoms with Crippen molar-refractivity contribution in [2.24, 2.45) is 5.92 Å². The maximum Gasteiger partial charge on any atom is 0.252 e. The van der Waals surface area contributed by atoms with Crippen LogP contribution >= 0.6 is 34.3 Å². The molecule has 0 bridgehead atoms. The van der Waals surface area contributed by atoms with E-state index in [4.69, 9.17) is 16.6 Å². The van der Waals surface area contributed by atoms with Gasteiger partial charge in [0.15, 0.2) is 5.13 Å². The lowest BCUT2D eigenvalue weighted by Gasteiger charge is -2.32.